The molecular weight excluding hydrogens is 527 g/mol. The van der Waals surface area contributed by atoms with Gasteiger partial charge in [-0.05, 0) is 55.5 Å². The average Bonchev–Trinajstić information content (AvgIpc) is 2.94. The highest BCUT2D eigenvalue weighted by atomic mass is 19.4. The number of carbonyl (C=O) groups is 2. The van der Waals surface area contributed by atoms with E-state index in [-0.39, 0.29) is 5.84 Å². The Bertz CT molecular complexity index is 1120. The van der Waals surface area contributed by atoms with Gasteiger partial charge in [-0.15, -0.1) is 0 Å². The van der Waals surface area contributed by atoms with E-state index in [0.29, 0.717) is 12.5 Å². The number of rotatable bonds is 8. The molecule has 0 amide bonds. The van der Waals surface area contributed by atoms with Gasteiger partial charge in [-0.2, -0.15) is 13.2 Å². The van der Waals surface area contributed by atoms with Gasteiger partial charge in [-0.1, -0.05) is 30.3 Å². The third-order valence-corrected chi connectivity index (χ3v) is 7.39. The van der Waals surface area contributed by atoms with Gasteiger partial charge in [0.05, 0.1) is 0 Å². The summed E-state index contributed by atoms with van der Waals surface area (Å²) in [5.41, 5.74) is 8.69. The van der Waals surface area contributed by atoms with Gasteiger partial charge < -0.3 is 20.8 Å². The van der Waals surface area contributed by atoms with Crippen LogP contribution in [0.3, 0.4) is 0 Å². The quantitative estimate of drug-likeness (QED) is 0.284. The molecule has 1 atom stereocenters. The molecule has 0 aromatic heterocycles. The number of carboxylic acids is 2. The van der Waals surface area contributed by atoms with E-state index in [2.05, 4.69) is 26.8 Å². The number of amidine groups is 1. The fourth-order valence-corrected chi connectivity index (χ4v) is 5.17. The van der Waals surface area contributed by atoms with E-state index in [1.54, 1.807) is 0 Å². The van der Waals surface area contributed by atoms with Crippen molar-refractivity contribution in [3.05, 3.63) is 65.7 Å². The first-order valence-corrected chi connectivity index (χ1v) is 13.2. The smallest absolute Gasteiger partial charge is 0.480 e. The SMILES string of the molecule is N=C(N)c1ccc(N2CCN(C3CCN(C(CCc4ccccc4)C(=O)O)CC3)CC2)cc1.O=C(O)C(F)(F)F. The van der Waals surface area contributed by atoms with Crippen LogP contribution < -0.4 is 10.6 Å². The maximum atomic E-state index is 12.0. The summed E-state index contributed by atoms with van der Waals surface area (Å²) < 4.78 is 31.7. The molecule has 0 spiro atoms. The Morgan fingerprint density at radius 1 is 0.925 bits per heavy atom. The van der Waals surface area contributed by atoms with E-state index in [0.717, 1.165) is 64.1 Å². The van der Waals surface area contributed by atoms with Crippen LogP contribution in [0.1, 0.15) is 30.4 Å². The minimum Gasteiger partial charge on any atom is -0.480 e. The number of carboxylic acid groups (broad SMARTS) is 2. The van der Waals surface area contributed by atoms with Crippen LogP contribution >= 0.6 is 0 Å². The lowest BCUT2D eigenvalue weighted by Crippen LogP contribution is -2.55. The monoisotopic (exact) mass is 563 g/mol. The van der Waals surface area contributed by atoms with Crippen LogP contribution in [0.15, 0.2) is 54.6 Å². The molecule has 40 heavy (non-hydrogen) atoms. The lowest BCUT2D eigenvalue weighted by atomic mass is 9.98. The van der Waals surface area contributed by atoms with Gasteiger partial charge in [0.2, 0.25) is 0 Å². The number of benzene rings is 2. The Morgan fingerprint density at radius 2 is 1.48 bits per heavy atom. The maximum Gasteiger partial charge on any atom is 0.490 e. The van der Waals surface area contributed by atoms with Gasteiger partial charge in [0.15, 0.2) is 0 Å². The molecule has 218 valence electrons. The molecule has 4 rings (SSSR count). The summed E-state index contributed by atoms with van der Waals surface area (Å²) in [5, 5.41) is 24.5. The van der Waals surface area contributed by atoms with Gasteiger partial charge in [-0.25, -0.2) is 4.79 Å². The molecule has 9 nitrogen and oxygen atoms in total. The third kappa shape index (κ3) is 8.95. The number of alkyl halides is 3. The molecule has 0 saturated carbocycles. The maximum absolute atomic E-state index is 12.0. The Kier molecular flexibility index (Phi) is 10.9. The molecule has 5 N–H and O–H groups in total. The first-order valence-electron chi connectivity index (χ1n) is 13.2. The van der Waals surface area contributed by atoms with Crippen molar-refractivity contribution in [2.75, 3.05) is 44.2 Å². The molecule has 2 heterocycles. The van der Waals surface area contributed by atoms with Crippen molar-refractivity contribution in [3.63, 3.8) is 0 Å². The average molecular weight is 564 g/mol. The van der Waals surface area contributed by atoms with Crippen molar-refractivity contribution in [1.82, 2.24) is 9.80 Å². The molecule has 1 unspecified atom stereocenters. The van der Waals surface area contributed by atoms with Crippen LogP contribution in [0.4, 0.5) is 18.9 Å². The van der Waals surface area contributed by atoms with Gasteiger partial charge in [0, 0.05) is 56.6 Å². The number of hydrogen-bond acceptors (Lipinski definition) is 6. The van der Waals surface area contributed by atoms with Crippen molar-refractivity contribution >= 4 is 23.5 Å². The minimum atomic E-state index is -5.08. The summed E-state index contributed by atoms with van der Waals surface area (Å²) in [4.78, 5) is 28.0. The van der Waals surface area contributed by atoms with Crippen molar-refractivity contribution in [2.45, 2.75) is 43.9 Å². The van der Waals surface area contributed by atoms with Gasteiger partial charge in [0.1, 0.15) is 11.9 Å². The van der Waals surface area contributed by atoms with E-state index in [1.165, 1.54) is 11.3 Å². The van der Waals surface area contributed by atoms with Crippen LogP contribution in [0.25, 0.3) is 0 Å². The summed E-state index contributed by atoms with van der Waals surface area (Å²) in [7, 11) is 0. The Balaban J connectivity index is 0.000000559. The molecule has 2 aromatic rings. The Morgan fingerprint density at radius 3 is 1.95 bits per heavy atom. The summed E-state index contributed by atoms with van der Waals surface area (Å²) in [6, 6.07) is 18.2. The summed E-state index contributed by atoms with van der Waals surface area (Å²) in [6.07, 6.45) is -1.57. The molecule has 2 aromatic carbocycles. The zero-order valence-corrected chi connectivity index (χ0v) is 22.2. The molecule has 0 bridgehead atoms. The number of nitrogens with zero attached hydrogens (tertiary/aromatic N) is 3. The largest absolute Gasteiger partial charge is 0.490 e. The predicted molar refractivity (Wildman–Crippen MR) is 146 cm³/mol. The zero-order chi connectivity index (χ0) is 29.3. The highest BCUT2D eigenvalue weighted by Crippen LogP contribution is 2.24. The molecule has 0 radical (unpaired) electrons. The highest BCUT2D eigenvalue weighted by molar-refractivity contribution is 5.95. The van der Waals surface area contributed by atoms with Crippen molar-refractivity contribution < 1.29 is 33.0 Å². The standard InChI is InChI=1S/C26H35N5O2.C2HF3O2/c27-25(28)21-7-9-22(10-8-21)29-16-18-30(19-17-29)23-12-14-31(15-13-23)24(26(32)33)11-6-20-4-2-1-3-5-20;3-2(4,5)1(6)7/h1-5,7-10,23-24H,6,11-19H2,(H3,27,28)(H,32,33);(H,6,7). The molecular formula is C28H36F3N5O4. The number of piperidine rings is 1. The number of halogens is 3. The van der Waals surface area contributed by atoms with Crippen LogP contribution in [0.5, 0.6) is 0 Å². The number of nitrogens with two attached hydrogens (primary N) is 1. The van der Waals surface area contributed by atoms with E-state index >= 15 is 0 Å². The number of hydrogen-bond donors (Lipinski definition) is 4. The fraction of sp³-hybridized carbons (Fsp3) is 0.464. The molecule has 2 aliphatic rings. The second-order valence-electron chi connectivity index (χ2n) is 9.93. The molecule has 2 fully saturated rings. The molecule has 2 saturated heterocycles. The Labute approximate surface area is 231 Å². The molecule has 0 aliphatic carbocycles. The Hall–Kier alpha value is -3.64. The number of piperazine rings is 1. The lowest BCUT2D eigenvalue weighted by Gasteiger charge is -2.44. The molecule has 2 aliphatic heterocycles. The summed E-state index contributed by atoms with van der Waals surface area (Å²) in [5.74, 6) is -3.36. The summed E-state index contributed by atoms with van der Waals surface area (Å²) in [6.45, 7) is 5.71. The van der Waals surface area contributed by atoms with Crippen molar-refractivity contribution in [1.29, 1.82) is 5.41 Å². The van der Waals surface area contributed by atoms with Crippen LogP contribution in [0.2, 0.25) is 0 Å². The normalized spacial score (nSPS) is 17.9. The number of nitrogen functional groups attached to an aromatic ring is 1. The van der Waals surface area contributed by atoms with E-state index in [1.807, 2.05) is 42.5 Å². The second kappa shape index (κ2) is 14.1. The minimum absolute atomic E-state index is 0.0999. The van der Waals surface area contributed by atoms with Crippen LogP contribution in [-0.4, -0.2) is 95.3 Å². The molecule has 12 heteroatoms. The van der Waals surface area contributed by atoms with Crippen LogP contribution in [-0.2, 0) is 16.0 Å². The summed E-state index contributed by atoms with van der Waals surface area (Å²) >= 11 is 0. The lowest BCUT2D eigenvalue weighted by molar-refractivity contribution is -0.192. The topological polar surface area (TPSA) is 134 Å². The zero-order valence-electron chi connectivity index (χ0n) is 22.2. The van der Waals surface area contributed by atoms with E-state index in [4.69, 9.17) is 21.0 Å². The van der Waals surface area contributed by atoms with E-state index < -0.39 is 24.2 Å². The fourth-order valence-electron chi connectivity index (χ4n) is 5.17. The van der Waals surface area contributed by atoms with Crippen LogP contribution in [0, 0.1) is 5.41 Å². The number of likely N-dealkylation sites (tertiary alicyclic amines) is 1. The third-order valence-electron chi connectivity index (χ3n) is 7.39. The first kappa shape index (κ1) is 30.9. The number of anilines is 1. The number of nitrogens with one attached hydrogen (secondary N) is 1. The number of aryl methyl sites for hydroxylation is 1. The first-order chi connectivity index (χ1) is 19.0. The van der Waals surface area contributed by atoms with Gasteiger partial charge in [-0.3, -0.25) is 20.0 Å². The van der Waals surface area contributed by atoms with E-state index in [9.17, 15) is 23.1 Å². The predicted octanol–water partition coefficient (Wildman–Crippen LogP) is 3.28. The van der Waals surface area contributed by atoms with Crippen molar-refractivity contribution in [2.24, 2.45) is 5.73 Å². The van der Waals surface area contributed by atoms with Gasteiger partial charge in [0.25, 0.3) is 0 Å². The second-order valence-corrected chi connectivity index (χ2v) is 9.93. The van der Waals surface area contributed by atoms with Gasteiger partial charge >= 0.3 is 18.1 Å². The highest BCUT2D eigenvalue weighted by Gasteiger charge is 2.38. The van der Waals surface area contributed by atoms with Crippen molar-refractivity contribution in [3.8, 4) is 0 Å². The number of aliphatic carboxylic acids is 2.